The molecule has 0 spiro atoms. The van der Waals surface area contributed by atoms with Gasteiger partial charge in [-0.2, -0.15) is 0 Å². The second-order valence-electron chi connectivity index (χ2n) is 4.89. The van der Waals surface area contributed by atoms with Crippen LogP contribution in [-0.4, -0.2) is 24.6 Å². The van der Waals surface area contributed by atoms with Crippen molar-refractivity contribution < 1.29 is 9.53 Å². The summed E-state index contributed by atoms with van der Waals surface area (Å²) in [5.41, 5.74) is 6.11. The number of nitrogens with one attached hydrogen (secondary N) is 1. The van der Waals surface area contributed by atoms with Gasteiger partial charge in [0.15, 0.2) is 0 Å². The molecule has 0 unspecified atom stereocenters. The van der Waals surface area contributed by atoms with Crippen LogP contribution in [0.15, 0.2) is 24.3 Å². The summed E-state index contributed by atoms with van der Waals surface area (Å²) in [6.45, 7) is 6.58. The predicted molar refractivity (Wildman–Crippen MR) is 72.6 cm³/mol. The Kier molecular flexibility index (Phi) is 5.16. The molecule has 3 N–H and O–H groups in total. The molecular weight excluding hydrogens is 228 g/mol. The van der Waals surface area contributed by atoms with Crippen LogP contribution in [-0.2, 0) is 11.2 Å². The van der Waals surface area contributed by atoms with Crippen molar-refractivity contribution in [1.82, 2.24) is 5.32 Å². The first kappa shape index (κ1) is 14.5. The smallest absolute Gasteiger partial charge is 0.234 e. The van der Waals surface area contributed by atoms with Gasteiger partial charge in [0.05, 0.1) is 13.2 Å². The molecule has 0 aromatic heterocycles. The zero-order chi connectivity index (χ0) is 13.6. The van der Waals surface area contributed by atoms with Crippen molar-refractivity contribution in [2.24, 2.45) is 5.73 Å². The second-order valence-corrected chi connectivity index (χ2v) is 4.89. The monoisotopic (exact) mass is 250 g/mol. The molecule has 1 rings (SSSR count). The fourth-order valence-corrected chi connectivity index (χ4v) is 1.89. The number of carbonyl (C=O) groups excluding carboxylic acids is 1. The number of ether oxygens (including phenoxy) is 1. The zero-order valence-corrected chi connectivity index (χ0v) is 11.3. The molecule has 0 saturated carbocycles. The molecule has 0 aliphatic carbocycles. The minimum absolute atomic E-state index is 0.0163. The van der Waals surface area contributed by atoms with Crippen molar-refractivity contribution in [2.75, 3.05) is 13.2 Å². The number of nitrogens with two attached hydrogens (primary N) is 1. The number of rotatable bonds is 6. The Hall–Kier alpha value is -1.55. The van der Waals surface area contributed by atoms with Crippen LogP contribution < -0.4 is 15.8 Å². The van der Waals surface area contributed by atoms with Crippen LogP contribution >= 0.6 is 0 Å². The van der Waals surface area contributed by atoms with E-state index in [-0.39, 0.29) is 18.0 Å². The lowest BCUT2D eigenvalue weighted by Crippen LogP contribution is -2.47. The second kappa shape index (κ2) is 6.40. The van der Waals surface area contributed by atoms with Crippen molar-refractivity contribution >= 4 is 5.91 Å². The van der Waals surface area contributed by atoms with Crippen LogP contribution in [0, 0.1) is 0 Å². The van der Waals surface area contributed by atoms with Gasteiger partial charge in [0.2, 0.25) is 5.91 Å². The summed E-state index contributed by atoms with van der Waals surface area (Å²) in [5.74, 6) is 0.719. The first-order chi connectivity index (χ1) is 8.46. The van der Waals surface area contributed by atoms with Crippen molar-refractivity contribution in [3.8, 4) is 5.75 Å². The van der Waals surface area contributed by atoms with E-state index in [9.17, 15) is 4.79 Å². The standard InChI is InChI=1S/C14H22N2O2/c1-4-18-12-7-5-6-11(8-12)9-14(2,3)16-13(17)10-15/h5-8H,4,9-10,15H2,1-3H3,(H,16,17). The molecule has 1 aromatic carbocycles. The molecule has 1 amide bonds. The van der Waals surface area contributed by atoms with Gasteiger partial charge in [0.25, 0.3) is 0 Å². The first-order valence-corrected chi connectivity index (χ1v) is 6.19. The molecule has 4 heteroatoms. The van der Waals surface area contributed by atoms with Gasteiger partial charge in [-0.25, -0.2) is 0 Å². The van der Waals surface area contributed by atoms with Crippen molar-refractivity contribution in [2.45, 2.75) is 32.7 Å². The van der Waals surface area contributed by atoms with Crippen molar-refractivity contribution in [3.63, 3.8) is 0 Å². The van der Waals surface area contributed by atoms with Gasteiger partial charge in [-0.05, 0) is 44.9 Å². The third-order valence-corrected chi connectivity index (χ3v) is 2.52. The predicted octanol–water partition coefficient (Wildman–Crippen LogP) is 1.48. The van der Waals surface area contributed by atoms with Crippen LogP contribution in [0.4, 0.5) is 0 Å². The van der Waals surface area contributed by atoms with Gasteiger partial charge in [-0.15, -0.1) is 0 Å². The molecule has 0 saturated heterocycles. The van der Waals surface area contributed by atoms with Crippen LogP contribution in [0.3, 0.4) is 0 Å². The zero-order valence-electron chi connectivity index (χ0n) is 11.3. The topological polar surface area (TPSA) is 64.3 Å². The Balaban J connectivity index is 2.70. The van der Waals surface area contributed by atoms with Gasteiger partial charge in [-0.1, -0.05) is 12.1 Å². The first-order valence-electron chi connectivity index (χ1n) is 6.19. The highest BCUT2D eigenvalue weighted by Gasteiger charge is 2.20. The molecule has 100 valence electrons. The summed E-state index contributed by atoms with van der Waals surface area (Å²) < 4.78 is 5.46. The summed E-state index contributed by atoms with van der Waals surface area (Å²) in [4.78, 5) is 11.3. The molecule has 0 aliphatic rings. The summed E-state index contributed by atoms with van der Waals surface area (Å²) in [6, 6.07) is 7.92. The summed E-state index contributed by atoms with van der Waals surface area (Å²) in [6.07, 6.45) is 0.736. The Morgan fingerprint density at radius 2 is 2.17 bits per heavy atom. The van der Waals surface area contributed by atoms with Gasteiger partial charge in [-0.3, -0.25) is 4.79 Å². The van der Waals surface area contributed by atoms with E-state index in [1.807, 2.05) is 45.0 Å². The number of benzene rings is 1. The molecule has 1 aromatic rings. The van der Waals surface area contributed by atoms with E-state index in [0.29, 0.717) is 6.61 Å². The van der Waals surface area contributed by atoms with Crippen LogP contribution in [0.1, 0.15) is 26.3 Å². The maximum Gasteiger partial charge on any atom is 0.234 e. The van der Waals surface area contributed by atoms with Crippen molar-refractivity contribution in [3.05, 3.63) is 29.8 Å². The van der Waals surface area contributed by atoms with Crippen LogP contribution in [0.25, 0.3) is 0 Å². The molecule has 0 aliphatic heterocycles. The van der Waals surface area contributed by atoms with Gasteiger partial charge < -0.3 is 15.8 Å². The molecule has 4 nitrogen and oxygen atoms in total. The quantitative estimate of drug-likeness (QED) is 0.804. The van der Waals surface area contributed by atoms with Gasteiger partial charge in [0.1, 0.15) is 5.75 Å². The number of hydrogen-bond acceptors (Lipinski definition) is 3. The van der Waals surface area contributed by atoms with E-state index < -0.39 is 0 Å². The highest BCUT2D eigenvalue weighted by atomic mass is 16.5. The Morgan fingerprint density at radius 3 is 2.78 bits per heavy atom. The summed E-state index contributed by atoms with van der Waals surface area (Å²) >= 11 is 0. The third-order valence-electron chi connectivity index (χ3n) is 2.52. The maximum atomic E-state index is 11.3. The molecule has 0 heterocycles. The highest BCUT2D eigenvalue weighted by Crippen LogP contribution is 2.18. The van der Waals surface area contributed by atoms with Crippen LogP contribution in [0.5, 0.6) is 5.75 Å². The minimum atomic E-state index is -0.318. The Labute approximate surface area is 109 Å². The summed E-state index contributed by atoms with van der Waals surface area (Å²) in [5, 5.41) is 2.90. The number of amides is 1. The lowest BCUT2D eigenvalue weighted by Gasteiger charge is -2.26. The normalized spacial score (nSPS) is 11.1. The lowest BCUT2D eigenvalue weighted by atomic mass is 9.94. The Bertz CT molecular complexity index is 403. The highest BCUT2D eigenvalue weighted by molar-refractivity contribution is 5.78. The van der Waals surface area contributed by atoms with E-state index in [2.05, 4.69) is 5.32 Å². The largest absolute Gasteiger partial charge is 0.494 e. The molecule has 18 heavy (non-hydrogen) atoms. The van der Waals surface area contributed by atoms with E-state index >= 15 is 0 Å². The van der Waals surface area contributed by atoms with Gasteiger partial charge >= 0.3 is 0 Å². The van der Waals surface area contributed by atoms with E-state index in [0.717, 1.165) is 17.7 Å². The van der Waals surface area contributed by atoms with Gasteiger partial charge in [0, 0.05) is 5.54 Å². The average molecular weight is 250 g/mol. The van der Waals surface area contributed by atoms with E-state index in [4.69, 9.17) is 10.5 Å². The van der Waals surface area contributed by atoms with E-state index in [1.54, 1.807) is 0 Å². The molecule has 0 fully saturated rings. The number of hydrogen-bond donors (Lipinski definition) is 2. The third kappa shape index (κ3) is 4.75. The maximum absolute atomic E-state index is 11.3. The van der Waals surface area contributed by atoms with E-state index in [1.165, 1.54) is 0 Å². The summed E-state index contributed by atoms with van der Waals surface area (Å²) in [7, 11) is 0. The number of carbonyl (C=O) groups is 1. The molecule has 0 radical (unpaired) electrons. The minimum Gasteiger partial charge on any atom is -0.494 e. The van der Waals surface area contributed by atoms with Crippen LogP contribution in [0.2, 0.25) is 0 Å². The Morgan fingerprint density at radius 1 is 1.44 bits per heavy atom. The lowest BCUT2D eigenvalue weighted by molar-refractivity contribution is -0.121. The fraction of sp³-hybridized carbons (Fsp3) is 0.500. The molecular formula is C14H22N2O2. The SMILES string of the molecule is CCOc1cccc(CC(C)(C)NC(=O)CN)c1. The fourth-order valence-electron chi connectivity index (χ4n) is 1.89. The average Bonchev–Trinajstić information content (AvgIpc) is 2.28. The molecule has 0 bridgehead atoms. The van der Waals surface area contributed by atoms with Crippen molar-refractivity contribution in [1.29, 1.82) is 0 Å². The molecule has 0 atom stereocenters.